The Balaban J connectivity index is 2.51. The first kappa shape index (κ1) is 12.1. The van der Waals surface area contributed by atoms with Gasteiger partial charge in [0, 0.05) is 6.07 Å². The molecule has 5 nitrogen and oxygen atoms in total. The van der Waals surface area contributed by atoms with E-state index in [2.05, 4.69) is 4.98 Å². The summed E-state index contributed by atoms with van der Waals surface area (Å²) in [5.74, 6) is 0. The van der Waals surface area contributed by atoms with Crippen LogP contribution in [0.4, 0.5) is 0 Å². The van der Waals surface area contributed by atoms with E-state index in [4.69, 9.17) is 16.9 Å². The summed E-state index contributed by atoms with van der Waals surface area (Å²) >= 11 is 5.56. The second-order valence-electron chi connectivity index (χ2n) is 3.62. The first-order chi connectivity index (χ1) is 8.61. The summed E-state index contributed by atoms with van der Waals surface area (Å²) in [5.41, 5.74) is -0.0644. The van der Waals surface area contributed by atoms with Crippen LogP contribution in [0, 0.1) is 11.3 Å². The second-order valence-corrected chi connectivity index (χ2v) is 4.02. The third-order valence-electron chi connectivity index (χ3n) is 2.45. The van der Waals surface area contributed by atoms with Crippen molar-refractivity contribution >= 4 is 11.6 Å². The van der Waals surface area contributed by atoms with Gasteiger partial charge in [0.1, 0.15) is 5.15 Å². The first-order valence-corrected chi connectivity index (χ1v) is 5.47. The molecule has 1 aromatic carbocycles. The molecule has 1 heterocycles. The lowest BCUT2D eigenvalue weighted by Crippen LogP contribution is -2.34. The van der Waals surface area contributed by atoms with E-state index in [0.29, 0.717) is 11.1 Å². The molecule has 2 rings (SSSR count). The Hall–Kier alpha value is -2.32. The van der Waals surface area contributed by atoms with E-state index in [9.17, 15) is 9.59 Å². The normalized spacial score (nSPS) is 10.0. The van der Waals surface area contributed by atoms with E-state index in [1.807, 2.05) is 6.07 Å². The molecule has 0 spiro atoms. The van der Waals surface area contributed by atoms with Gasteiger partial charge in [0.2, 0.25) is 0 Å². The van der Waals surface area contributed by atoms with E-state index < -0.39 is 11.2 Å². The summed E-state index contributed by atoms with van der Waals surface area (Å²) < 4.78 is 0.988. The molecule has 0 atom stereocenters. The van der Waals surface area contributed by atoms with E-state index in [1.54, 1.807) is 24.3 Å². The summed E-state index contributed by atoms with van der Waals surface area (Å²) in [5, 5.41) is 8.93. The van der Waals surface area contributed by atoms with Gasteiger partial charge >= 0.3 is 5.69 Å². The third kappa shape index (κ3) is 2.34. The second kappa shape index (κ2) is 4.90. The van der Waals surface area contributed by atoms with E-state index in [-0.39, 0.29) is 11.7 Å². The number of aromatic amines is 1. The highest BCUT2D eigenvalue weighted by molar-refractivity contribution is 6.29. The molecule has 6 heteroatoms. The van der Waals surface area contributed by atoms with Crippen LogP contribution in [-0.2, 0) is 6.54 Å². The molecule has 0 bridgehead atoms. The van der Waals surface area contributed by atoms with E-state index in [0.717, 1.165) is 10.6 Å². The summed E-state index contributed by atoms with van der Waals surface area (Å²) in [7, 11) is 0. The van der Waals surface area contributed by atoms with Crippen LogP contribution in [0.5, 0.6) is 0 Å². The summed E-state index contributed by atoms with van der Waals surface area (Å²) in [6.07, 6.45) is 0. The maximum absolute atomic E-state index is 11.6. The fourth-order valence-electron chi connectivity index (χ4n) is 1.58. The molecule has 0 saturated carbocycles. The molecule has 0 saturated heterocycles. The van der Waals surface area contributed by atoms with Crippen molar-refractivity contribution in [3.8, 4) is 6.07 Å². The van der Waals surface area contributed by atoms with Gasteiger partial charge in [-0.05, 0) is 11.6 Å². The van der Waals surface area contributed by atoms with Gasteiger partial charge in [-0.3, -0.25) is 14.3 Å². The maximum atomic E-state index is 11.6. The highest BCUT2D eigenvalue weighted by atomic mass is 35.5. The first-order valence-electron chi connectivity index (χ1n) is 5.09. The summed E-state index contributed by atoms with van der Waals surface area (Å²) in [6, 6.07) is 9.92. The van der Waals surface area contributed by atoms with Gasteiger partial charge in [0.15, 0.2) is 0 Å². The van der Waals surface area contributed by atoms with Crippen molar-refractivity contribution in [2.45, 2.75) is 6.54 Å². The zero-order valence-electron chi connectivity index (χ0n) is 9.18. The number of hydrogen-bond acceptors (Lipinski definition) is 3. The van der Waals surface area contributed by atoms with E-state index in [1.165, 1.54) is 0 Å². The molecule has 1 N–H and O–H groups in total. The Labute approximate surface area is 107 Å². The minimum Gasteiger partial charge on any atom is -0.298 e. The Kier molecular flexibility index (Phi) is 3.31. The quantitative estimate of drug-likeness (QED) is 0.823. The number of halogens is 1. The molecule has 2 aromatic rings. The number of hydrogen-bond donors (Lipinski definition) is 1. The molecule has 90 valence electrons. The molecule has 0 unspecified atom stereocenters. The van der Waals surface area contributed by atoms with Gasteiger partial charge in [0.25, 0.3) is 5.56 Å². The van der Waals surface area contributed by atoms with Crippen LogP contribution in [0.25, 0.3) is 0 Å². The van der Waals surface area contributed by atoms with Crippen LogP contribution in [0.2, 0.25) is 5.15 Å². The molecule has 0 fully saturated rings. The number of H-pyrrole nitrogens is 1. The Bertz CT molecular complexity index is 709. The van der Waals surface area contributed by atoms with Crippen LogP contribution in [0.3, 0.4) is 0 Å². The fourth-order valence-corrected chi connectivity index (χ4v) is 1.75. The zero-order chi connectivity index (χ0) is 13.1. The number of nitrogens with zero attached hydrogens (tertiary/aromatic N) is 2. The minimum atomic E-state index is -0.597. The molecular formula is C12H8ClN3O2. The number of aromatic nitrogens is 2. The van der Waals surface area contributed by atoms with Gasteiger partial charge in [0.05, 0.1) is 18.2 Å². The highest BCUT2D eigenvalue weighted by Gasteiger charge is 2.07. The summed E-state index contributed by atoms with van der Waals surface area (Å²) in [6.45, 7) is 0.0368. The fraction of sp³-hybridized carbons (Fsp3) is 0.0833. The van der Waals surface area contributed by atoms with Crippen LogP contribution in [-0.4, -0.2) is 9.55 Å². The molecule has 1 aromatic heterocycles. The smallest absolute Gasteiger partial charge is 0.298 e. The van der Waals surface area contributed by atoms with Crippen molar-refractivity contribution in [3.63, 3.8) is 0 Å². The van der Waals surface area contributed by atoms with Crippen LogP contribution in [0.15, 0.2) is 39.9 Å². The van der Waals surface area contributed by atoms with Gasteiger partial charge in [-0.15, -0.1) is 0 Å². The average Bonchev–Trinajstić information content (AvgIpc) is 2.34. The Morgan fingerprint density at radius 2 is 2.06 bits per heavy atom. The van der Waals surface area contributed by atoms with Crippen molar-refractivity contribution in [2.75, 3.05) is 0 Å². The lowest BCUT2D eigenvalue weighted by atomic mass is 10.1. The maximum Gasteiger partial charge on any atom is 0.329 e. The largest absolute Gasteiger partial charge is 0.329 e. The van der Waals surface area contributed by atoms with Gasteiger partial charge < -0.3 is 0 Å². The minimum absolute atomic E-state index is 0.00480. The zero-order valence-corrected chi connectivity index (χ0v) is 9.94. The molecule has 0 radical (unpaired) electrons. The molecular weight excluding hydrogens is 254 g/mol. The predicted octanol–water partition coefficient (Wildman–Crippen LogP) is 1.11. The van der Waals surface area contributed by atoms with Gasteiger partial charge in [-0.2, -0.15) is 5.26 Å². The monoisotopic (exact) mass is 261 g/mol. The number of nitriles is 1. The van der Waals surface area contributed by atoms with Crippen molar-refractivity contribution < 1.29 is 0 Å². The molecule has 0 amide bonds. The van der Waals surface area contributed by atoms with Crippen molar-refractivity contribution in [1.82, 2.24) is 9.55 Å². The number of nitrogens with one attached hydrogen (secondary N) is 1. The standard InChI is InChI=1S/C12H8ClN3O2/c13-10-5-11(17)16(12(18)15-10)7-9-4-2-1-3-8(9)6-14/h1-5H,7H2,(H,15,18). The summed E-state index contributed by atoms with van der Waals surface area (Å²) in [4.78, 5) is 25.6. The SMILES string of the molecule is N#Cc1ccccc1Cn1c(=O)cc(Cl)[nH]c1=O. The van der Waals surface area contributed by atoms with Crippen LogP contribution in [0.1, 0.15) is 11.1 Å². The van der Waals surface area contributed by atoms with Gasteiger partial charge in [-0.1, -0.05) is 29.8 Å². The molecule has 0 aliphatic heterocycles. The molecule has 0 aliphatic rings. The van der Waals surface area contributed by atoms with Crippen molar-refractivity contribution in [3.05, 3.63) is 67.4 Å². The third-order valence-corrected chi connectivity index (χ3v) is 2.66. The average molecular weight is 262 g/mol. The van der Waals surface area contributed by atoms with Gasteiger partial charge in [-0.25, -0.2) is 4.79 Å². The Morgan fingerprint density at radius 3 is 2.72 bits per heavy atom. The van der Waals surface area contributed by atoms with Crippen molar-refractivity contribution in [2.24, 2.45) is 0 Å². The van der Waals surface area contributed by atoms with Crippen LogP contribution >= 0.6 is 11.6 Å². The topological polar surface area (TPSA) is 78.7 Å². The number of rotatable bonds is 2. The number of benzene rings is 1. The highest BCUT2D eigenvalue weighted by Crippen LogP contribution is 2.07. The van der Waals surface area contributed by atoms with E-state index >= 15 is 0 Å². The predicted molar refractivity (Wildman–Crippen MR) is 66.6 cm³/mol. The molecule has 0 aliphatic carbocycles. The lowest BCUT2D eigenvalue weighted by molar-refractivity contribution is 0.698. The van der Waals surface area contributed by atoms with Crippen LogP contribution < -0.4 is 11.2 Å². The molecule has 18 heavy (non-hydrogen) atoms. The van der Waals surface area contributed by atoms with Crippen molar-refractivity contribution in [1.29, 1.82) is 5.26 Å². The Morgan fingerprint density at radius 1 is 1.33 bits per heavy atom. The lowest BCUT2D eigenvalue weighted by Gasteiger charge is -2.05.